The van der Waals surface area contributed by atoms with Crippen LogP contribution in [0.4, 0.5) is 0 Å². The first-order valence-corrected chi connectivity index (χ1v) is 7.68. The summed E-state index contributed by atoms with van der Waals surface area (Å²) in [5, 5.41) is 6.90. The predicted molar refractivity (Wildman–Crippen MR) is 100 cm³/mol. The van der Waals surface area contributed by atoms with E-state index in [2.05, 4.69) is 69.7 Å². The first-order valence-electron chi connectivity index (χ1n) is 6.89. The second-order valence-corrected chi connectivity index (χ2v) is 6.09. The van der Waals surface area contributed by atoms with Gasteiger partial charge in [-0.15, -0.1) is 24.0 Å². The van der Waals surface area contributed by atoms with Crippen molar-refractivity contribution in [3.8, 4) is 0 Å². The molecule has 2 N–H and O–H groups in total. The molecule has 1 fully saturated rings. The first kappa shape index (κ1) is 17.8. The average Bonchev–Trinajstić information content (AvgIpc) is 3.17. The van der Waals surface area contributed by atoms with Crippen LogP contribution < -0.4 is 10.6 Å². The minimum atomic E-state index is 0. The molecule has 1 aromatic carbocycles. The van der Waals surface area contributed by atoms with Gasteiger partial charge in [-0.3, -0.25) is 4.99 Å². The molecule has 20 heavy (non-hydrogen) atoms. The Kier molecular flexibility index (Phi) is 7.29. The van der Waals surface area contributed by atoms with E-state index < -0.39 is 0 Å². The van der Waals surface area contributed by atoms with Crippen molar-refractivity contribution in [3.05, 3.63) is 34.3 Å². The zero-order chi connectivity index (χ0) is 13.8. The summed E-state index contributed by atoms with van der Waals surface area (Å²) in [6.07, 6.45) is 2.28. The Hall–Kier alpha value is -0.300. The Morgan fingerprint density at radius 2 is 2.05 bits per heavy atom. The Bertz CT molecular complexity index is 447. The van der Waals surface area contributed by atoms with Gasteiger partial charge in [0, 0.05) is 29.5 Å². The molecule has 0 aromatic heterocycles. The van der Waals surface area contributed by atoms with E-state index in [0.717, 1.165) is 16.9 Å². The smallest absolute Gasteiger partial charge is 0.191 e. The lowest BCUT2D eigenvalue weighted by molar-refractivity contribution is 0.622. The highest BCUT2D eigenvalue weighted by Gasteiger charge is 2.38. The van der Waals surface area contributed by atoms with Gasteiger partial charge >= 0.3 is 0 Å². The molecule has 0 amide bonds. The van der Waals surface area contributed by atoms with Crippen LogP contribution in [0.5, 0.6) is 0 Å². The van der Waals surface area contributed by atoms with E-state index in [1.807, 2.05) is 7.05 Å². The molecule has 3 atom stereocenters. The first-order chi connectivity index (χ1) is 9.13. The Balaban J connectivity index is 0.00000200. The van der Waals surface area contributed by atoms with E-state index in [1.54, 1.807) is 0 Å². The molecule has 1 aromatic rings. The topological polar surface area (TPSA) is 36.4 Å². The monoisotopic (exact) mass is 451 g/mol. The lowest BCUT2D eigenvalue weighted by Gasteiger charge is -2.16. The van der Waals surface area contributed by atoms with Gasteiger partial charge in [-0.05, 0) is 37.5 Å². The molecule has 3 unspecified atom stereocenters. The molecule has 0 bridgehead atoms. The Labute approximate surface area is 147 Å². The molecule has 2 rings (SSSR count). The summed E-state index contributed by atoms with van der Waals surface area (Å²) in [6.45, 7) is 4.35. The average molecular weight is 452 g/mol. The molecule has 0 radical (unpaired) electrons. The fourth-order valence-corrected chi connectivity index (χ4v) is 2.38. The number of rotatable bonds is 4. The van der Waals surface area contributed by atoms with Crippen molar-refractivity contribution in [1.82, 2.24) is 10.6 Å². The van der Waals surface area contributed by atoms with Gasteiger partial charge in [0.2, 0.25) is 0 Å². The van der Waals surface area contributed by atoms with Crippen molar-refractivity contribution in [2.24, 2.45) is 4.99 Å². The van der Waals surface area contributed by atoms with Gasteiger partial charge in [-0.1, -0.05) is 35.0 Å². The van der Waals surface area contributed by atoms with Crippen LogP contribution in [0.25, 0.3) is 0 Å². The molecule has 5 heteroatoms. The number of aliphatic imine (C=N–C) groups is 1. The molecule has 1 saturated carbocycles. The zero-order valence-electron chi connectivity index (χ0n) is 12.2. The summed E-state index contributed by atoms with van der Waals surface area (Å²) in [6, 6.07) is 9.57. The van der Waals surface area contributed by atoms with E-state index in [-0.39, 0.29) is 24.0 Å². The maximum atomic E-state index is 4.29. The molecule has 1 aliphatic rings. The van der Waals surface area contributed by atoms with Crippen molar-refractivity contribution in [1.29, 1.82) is 0 Å². The summed E-state index contributed by atoms with van der Waals surface area (Å²) in [7, 11) is 1.83. The summed E-state index contributed by atoms with van der Waals surface area (Å²) >= 11 is 3.47. The summed E-state index contributed by atoms with van der Waals surface area (Å²) < 4.78 is 1.13. The van der Waals surface area contributed by atoms with Crippen molar-refractivity contribution < 1.29 is 0 Å². The molecule has 0 aliphatic heterocycles. The van der Waals surface area contributed by atoms with E-state index in [9.17, 15) is 0 Å². The molecule has 3 nitrogen and oxygen atoms in total. The second kappa shape index (κ2) is 8.22. The second-order valence-electron chi connectivity index (χ2n) is 5.17. The van der Waals surface area contributed by atoms with E-state index in [4.69, 9.17) is 0 Å². The van der Waals surface area contributed by atoms with E-state index >= 15 is 0 Å². The largest absolute Gasteiger partial charge is 0.354 e. The fraction of sp³-hybridized carbons (Fsp3) is 0.533. The molecule has 0 saturated heterocycles. The van der Waals surface area contributed by atoms with Gasteiger partial charge in [0.15, 0.2) is 5.96 Å². The number of halogens is 2. The molecule has 1 aliphatic carbocycles. The number of nitrogens with zero attached hydrogens (tertiary/aromatic N) is 1. The zero-order valence-corrected chi connectivity index (χ0v) is 16.1. The third-order valence-corrected chi connectivity index (χ3v) is 4.16. The van der Waals surface area contributed by atoms with Gasteiger partial charge in [0.25, 0.3) is 0 Å². The van der Waals surface area contributed by atoms with Gasteiger partial charge < -0.3 is 10.6 Å². The van der Waals surface area contributed by atoms with Gasteiger partial charge in [-0.25, -0.2) is 0 Å². The number of nitrogens with one attached hydrogen (secondary N) is 2. The van der Waals surface area contributed by atoms with Crippen LogP contribution in [0, 0.1) is 0 Å². The number of hydrogen-bond donors (Lipinski definition) is 2. The standard InChI is InChI=1S/C15H22BrN3.HI/c1-4-10(2)18-15(17-3)19-14-9-13(14)11-5-7-12(16)8-6-11;/h5-8,10,13-14H,4,9H2,1-3H3,(H2,17,18,19);1H. The normalized spacial score (nSPS) is 22.7. The minimum absolute atomic E-state index is 0. The highest BCUT2D eigenvalue weighted by atomic mass is 127. The summed E-state index contributed by atoms with van der Waals surface area (Å²) in [4.78, 5) is 4.29. The van der Waals surface area contributed by atoms with Crippen LogP contribution in [0.2, 0.25) is 0 Å². The Morgan fingerprint density at radius 3 is 2.60 bits per heavy atom. The fourth-order valence-electron chi connectivity index (χ4n) is 2.11. The van der Waals surface area contributed by atoms with Crippen LogP contribution >= 0.6 is 39.9 Å². The number of hydrogen-bond acceptors (Lipinski definition) is 1. The van der Waals surface area contributed by atoms with Crippen molar-refractivity contribution in [3.63, 3.8) is 0 Å². The van der Waals surface area contributed by atoms with E-state index in [1.165, 1.54) is 12.0 Å². The maximum absolute atomic E-state index is 4.29. The molecular formula is C15H23BrIN3. The van der Waals surface area contributed by atoms with Crippen LogP contribution in [-0.2, 0) is 0 Å². The van der Waals surface area contributed by atoms with Crippen LogP contribution in [0.3, 0.4) is 0 Å². The quantitative estimate of drug-likeness (QED) is 0.414. The minimum Gasteiger partial charge on any atom is -0.354 e. The van der Waals surface area contributed by atoms with Crippen molar-refractivity contribution >= 4 is 45.9 Å². The van der Waals surface area contributed by atoms with Gasteiger partial charge in [0.1, 0.15) is 0 Å². The lowest BCUT2D eigenvalue weighted by atomic mass is 10.1. The van der Waals surface area contributed by atoms with Gasteiger partial charge in [-0.2, -0.15) is 0 Å². The number of guanidine groups is 1. The highest BCUT2D eigenvalue weighted by Crippen LogP contribution is 2.40. The SMILES string of the molecule is CCC(C)NC(=NC)NC1CC1c1ccc(Br)cc1.I. The third kappa shape index (κ3) is 4.91. The highest BCUT2D eigenvalue weighted by molar-refractivity contribution is 14.0. The summed E-state index contributed by atoms with van der Waals surface area (Å²) in [5.74, 6) is 1.53. The molecule has 112 valence electrons. The van der Waals surface area contributed by atoms with Crippen LogP contribution in [0.15, 0.2) is 33.7 Å². The lowest BCUT2D eigenvalue weighted by Crippen LogP contribution is -2.43. The van der Waals surface area contributed by atoms with Crippen LogP contribution in [-0.4, -0.2) is 25.1 Å². The maximum Gasteiger partial charge on any atom is 0.191 e. The van der Waals surface area contributed by atoms with Gasteiger partial charge in [0.05, 0.1) is 0 Å². The third-order valence-electron chi connectivity index (χ3n) is 3.63. The molecule has 0 heterocycles. The Morgan fingerprint density at radius 1 is 1.40 bits per heavy atom. The van der Waals surface area contributed by atoms with Crippen LogP contribution in [0.1, 0.15) is 38.2 Å². The predicted octanol–water partition coefficient (Wildman–Crippen LogP) is 3.89. The molecule has 0 spiro atoms. The summed E-state index contributed by atoms with van der Waals surface area (Å²) in [5.41, 5.74) is 1.40. The van der Waals surface area contributed by atoms with Crippen molar-refractivity contribution in [2.45, 2.75) is 44.7 Å². The number of benzene rings is 1. The van der Waals surface area contributed by atoms with E-state index in [0.29, 0.717) is 18.0 Å². The molecular weight excluding hydrogens is 429 g/mol. The van der Waals surface area contributed by atoms with Crippen molar-refractivity contribution in [2.75, 3.05) is 7.05 Å².